The van der Waals surface area contributed by atoms with E-state index < -0.39 is 0 Å². The van der Waals surface area contributed by atoms with E-state index in [1.54, 1.807) is 0 Å². The number of nitrogens with two attached hydrogens (primary N) is 2. The quantitative estimate of drug-likeness (QED) is 0.712. The van der Waals surface area contributed by atoms with Crippen LogP contribution in [0.1, 0.15) is 11.5 Å². The second-order valence-electron chi connectivity index (χ2n) is 3.70. The summed E-state index contributed by atoms with van der Waals surface area (Å²) in [5, 5.41) is 0. The minimum absolute atomic E-state index is 0.0380. The van der Waals surface area contributed by atoms with Crippen molar-refractivity contribution in [3.63, 3.8) is 0 Å². The van der Waals surface area contributed by atoms with Gasteiger partial charge in [0, 0.05) is 19.1 Å². The standard InChI is InChI=1S/C10H19N3O/c1-8-3-4-10(14-8)7-13(2)6-9(12)5-11/h3-4,9H,5-7,11-12H2,1-2H3. The van der Waals surface area contributed by atoms with Crippen LogP contribution in [0.5, 0.6) is 0 Å². The molecule has 0 spiro atoms. The van der Waals surface area contributed by atoms with Crippen LogP contribution >= 0.6 is 0 Å². The molecule has 1 aromatic heterocycles. The van der Waals surface area contributed by atoms with Gasteiger partial charge in [-0.2, -0.15) is 0 Å². The van der Waals surface area contributed by atoms with E-state index in [0.717, 1.165) is 24.6 Å². The highest BCUT2D eigenvalue weighted by atomic mass is 16.3. The summed E-state index contributed by atoms with van der Waals surface area (Å²) in [7, 11) is 2.01. The average Bonchev–Trinajstić information content (AvgIpc) is 2.50. The number of hydrogen-bond acceptors (Lipinski definition) is 4. The lowest BCUT2D eigenvalue weighted by molar-refractivity contribution is 0.276. The van der Waals surface area contributed by atoms with Crippen molar-refractivity contribution in [1.29, 1.82) is 0 Å². The van der Waals surface area contributed by atoms with Crippen molar-refractivity contribution in [2.45, 2.75) is 19.5 Å². The van der Waals surface area contributed by atoms with Gasteiger partial charge in [0.25, 0.3) is 0 Å². The first kappa shape index (κ1) is 11.2. The number of hydrogen-bond donors (Lipinski definition) is 2. The molecule has 14 heavy (non-hydrogen) atoms. The van der Waals surface area contributed by atoms with Crippen LogP contribution in [0, 0.1) is 6.92 Å². The number of aryl methyl sites for hydroxylation is 1. The minimum Gasteiger partial charge on any atom is -0.465 e. The van der Waals surface area contributed by atoms with E-state index in [1.807, 2.05) is 26.1 Å². The lowest BCUT2D eigenvalue weighted by Crippen LogP contribution is -2.40. The summed E-state index contributed by atoms with van der Waals surface area (Å²) in [6, 6.07) is 3.99. The second kappa shape index (κ2) is 5.14. The van der Waals surface area contributed by atoms with E-state index >= 15 is 0 Å². The molecule has 1 rings (SSSR count). The normalized spacial score (nSPS) is 13.5. The molecule has 0 aliphatic carbocycles. The highest BCUT2D eigenvalue weighted by molar-refractivity contribution is 5.05. The van der Waals surface area contributed by atoms with Gasteiger partial charge in [-0.25, -0.2) is 0 Å². The van der Waals surface area contributed by atoms with Crippen molar-refractivity contribution in [3.05, 3.63) is 23.7 Å². The lowest BCUT2D eigenvalue weighted by atomic mass is 10.3. The zero-order chi connectivity index (χ0) is 10.6. The second-order valence-corrected chi connectivity index (χ2v) is 3.70. The molecule has 0 aromatic carbocycles. The smallest absolute Gasteiger partial charge is 0.118 e. The Morgan fingerprint density at radius 1 is 1.50 bits per heavy atom. The van der Waals surface area contributed by atoms with E-state index in [0.29, 0.717) is 6.54 Å². The summed E-state index contributed by atoms with van der Waals surface area (Å²) in [6.07, 6.45) is 0. The maximum Gasteiger partial charge on any atom is 0.118 e. The van der Waals surface area contributed by atoms with Crippen molar-refractivity contribution in [2.24, 2.45) is 11.5 Å². The van der Waals surface area contributed by atoms with Crippen molar-refractivity contribution >= 4 is 0 Å². The first-order chi connectivity index (χ1) is 6.61. The Labute approximate surface area is 84.9 Å². The molecule has 1 aromatic rings. The number of furan rings is 1. The Kier molecular flexibility index (Phi) is 4.13. The van der Waals surface area contributed by atoms with Crippen molar-refractivity contribution in [2.75, 3.05) is 20.1 Å². The number of rotatable bonds is 5. The fourth-order valence-corrected chi connectivity index (χ4v) is 1.38. The molecule has 1 atom stereocenters. The number of likely N-dealkylation sites (N-methyl/N-ethyl adjacent to an activating group) is 1. The SMILES string of the molecule is Cc1ccc(CN(C)CC(N)CN)o1. The van der Waals surface area contributed by atoms with Crippen LogP contribution in [-0.2, 0) is 6.54 Å². The fraction of sp³-hybridized carbons (Fsp3) is 0.600. The maximum atomic E-state index is 5.74. The van der Waals surface area contributed by atoms with E-state index in [4.69, 9.17) is 15.9 Å². The minimum atomic E-state index is 0.0380. The van der Waals surface area contributed by atoms with Crippen LogP contribution in [0.25, 0.3) is 0 Å². The summed E-state index contributed by atoms with van der Waals surface area (Å²) < 4.78 is 5.46. The third-order valence-corrected chi connectivity index (χ3v) is 2.07. The zero-order valence-electron chi connectivity index (χ0n) is 8.86. The predicted molar refractivity (Wildman–Crippen MR) is 56.8 cm³/mol. The third kappa shape index (κ3) is 3.49. The van der Waals surface area contributed by atoms with E-state index in [1.165, 1.54) is 0 Å². The Hall–Kier alpha value is -0.840. The first-order valence-corrected chi connectivity index (χ1v) is 4.81. The van der Waals surface area contributed by atoms with Crippen LogP contribution in [0.2, 0.25) is 0 Å². The van der Waals surface area contributed by atoms with Gasteiger partial charge in [-0.3, -0.25) is 4.90 Å². The summed E-state index contributed by atoms with van der Waals surface area (Å²) in [4.78, 5) is 2.11. The molecule has 1 unspecified atom stereocenters. The van der Waals surface area contributed by atoms with Crippen LogP contribution in [0.4, 0.5) is 0 Å². The zero-order valence-corrected chi connectivity index (χ0v) is 8.86. The van der Waals surface area contributed by atoms with Gasteiger partial charge < -0.3 is 15.9 Å². The summed E-state index contributed by atoms with van der Waals surface area (Å²) in [5.41, 5.74) is 11.2. The van der Waals surface area contributed by atoms with Gasteiger partial charge in [-0.15, -0.1) is 0 Å². The van der Waals surface area contributed by atoms with Crippen LogP contribution in [-0.4, -0.2) is 31.1 Å². The molecule has 4 N–H and O–H groups in total. The molecule has 80 valence electrons. The molecule has 0 saturated carbocycles. The predicted octanol–water partition coefficient (Wildman–Crippen LogP) is 0.306. The van der Waals surface area contributed by atoms with Gasteiger partial charge in [0.05, 0.1) is 6.54 Å². The summed E-state index contributed by atoms with van der Waals surface area (Å²) in [5.74, 6) is 1.91. The fourth-order valence-electron chi connectivity index (χ4n) is 1.38. The molecule has 0 amide bonds. The molecule has 0 aliphatic rings. The third-order valence-electron chi connectivity index (χ3n) is 2.07. The molecule has 4 heteroatoms. The van der Waals surface area contributed by atoms with Crippen LogP contribution in [0.3, 0.4) is 0 Å². The molecule has 0 saturated heterocycles. The highest BCUT2D eigenvalue weighted by Gasteiger charge is 2.07. The van der Waals surface area contributed by atoms with E-state index in [2.05, 4.69) is 4.90 Å². The van der Waals surface area contributed by atoms with E-state index in [9.17, 15) is 0 Å². The summed E-state index contributed by atoms with van der Waals surface area (Å²) in [6.45, 7) is 4.02. The van der Waals surface area contributed by atoms with Crippen molar-refractivity contribution < 1.29 is 4.42 Å². The maximum absolute atomic E-state index is 5.74. The van der Waals surface area contributed by atoms with Crippen LogP contribution < -0.4 is 11.5 Å². The summed E-state index contributed by atoms with van der Waals surface area (Å²) >= 11 is 0. The van der Waals surface area contributed by atoms with Gasteiger partial charge >= 0.3 is 0 Å². The Balaban J connectivity index is 2.37. The van der Waals surface area contributed by atoms with Gasteiger partial charge in [-0.1, -0.05) is 0 Å². The first-order valence-electron chi connectivity index (χ1n) is 4.81. The number of nitrogens with zero attached hydrogens (tertiary/aromatic N) is 1. The molecular formula is C10H19N3O. The molecular weight excluding hydrogens is 178 g/mol. The molecule has 4 nitrogen and oxygen atoms in total. The average molecular weight is 197 g/mol. The van der Waals surface area contributed by atoms with Gasteiger partial charge in [0.15, 0.2) is 0 Å². The van der Waals surface area contributed by atoms with E-state index in [-0.39, 0.29) is 6.04 Å². The van der Waals surface area contributed by atoms with Gasteiger partial charge in [0.2, 0.25) is 0 Å². The lowest BCUT2D eigenvalue weighted by Gasteiger charge is -2.18. The largest absolute Gasteiger partial charge is 0.465 e. The Morgan fingerprint density at radius 2 is 2.21 bits per heavy atom. The molecule has 1 heterocycles. The Bertz CT molecular complexity index is 272. The van der Waals surface area contributed by atoms with Crippen molar-refractivity contribution in [3.8, 4) is 0 Å². The van der Waals surface area contributed by atoms with Gasteiger partial charge in [0.1, 0.15) is 11.5 Å². The molecule has 0 radical (unpaired) electrons. The highest BCUT2D eigenvalue weighted by Crippen LogP contribution is 2.08. The van der Waals surface area contributed by atoms with Gasteiger partial charge in [-0.05, 0) is 26.1 Å². The monoisotopic (exact) mass is 197 g/mol. The van der Waals surface area contributed by atoms with Crippen molar-refractivity contribution in [1.82, 2.24) is 4.90 Å². The van der Waals surface area contributed by atoms with Crippen LogP contribution in [0.15, 0.2) is 16.5 Å². The topological polar surface area (TPSA) is 68.4 Å². The molecule has 0 aliphatic heterocycles. The molecule has 0 fully saturated rings. The molecule has 0 bridgehead atoms. The Morgan fingerprint density at radius 3 is 2.71 bits per heavy atom.